The molecule has 1 rings (SSSR count). The molecule has 0 amide bonds. The minimum atomic E-state index is -1.16. The molecule has 0 radical (unpaired) electrons. The largest absolute Gasteiger partial charge is 0.469 e. The van der Waals surface area contributed by atoms with Crippen LogP contribution in [0.2, 0.25) is 0 Å². The quantitative estimate of drug-likeness (QED) is 0.250. The summed E-state index contributed by atoms with van der Waals surface area (Å²) in [6.07, 6.45) is -2.51. The van der Waals surface area contributed by atoms with Gasteiger partial charge in [0.25, 0.3) is 0 Å². The fourth-order valence-electron chi connectivity index (χ4n) is 3.44. The smallest absolute Gasteiger partial charge is 0.305 e. The molecular formula is C21H32O11. The Balaban J connectivity index is 3.07. The standard InChI is InChI=1S/C21H32O11/c1-12(22)28-11-17-20(30-14(3)24)21(31-15(4)25)19(29-13(2)23)16(32-17)9-7-6-8-10-18(26)27-5/h16-17,19-21H,6-11H2,1-5H3/t16-,17+,19-,20+,21+/m0/s1. The number of hydrogen-bond acceptors (Lipinski definition) is 11. The van der Waals surface area contributed by atoms with E-state index < -0.39 is 54.4 Å². The lowest BCUT2D eigenvalue weighted by Gasteiger charge is -2.44. The highest BCUT2D eigenvalue weighted by Gasteiger charge is 2.51. The first-order valence-electron chi connectivity index (χ1n) is 10.4. The molecule has 0 aromatic rings. The number of unbranched alkanes of at least 4 members (excludes halogenated alkanes) is 2. The highest BCUT2D eigenvalue weighted by molar-refractivity contribution is 5.69. The van der Waals surface area contributed by atoms with Gasteiger partial charge in [-0.05, 0) is 12.8 Å². The zero-order valence-electron chi connectivity index (χ0n) is 19.1. The van der Waals surface area contributed by atoms with E-state index in [4.69, 9.17) is 23.7 Å². The topological polar surface area (TPSA) is 141 Å². The molecule has 1 fully saturated rings. The van der Waals surface area contributed by atoms with E-state index in [-0.39, 0.29) is 19.0 Å². The van der Waals surface area contributed by atoms with Crippen LogP contribution in [0.15, 0.2) is 0 Å². The van der Waals surface area contributed by atoms with Gasteiger partial charge in [-0.1, -0.05) is 12.8 Å². The average molecular weight is 460 g/mol. The summed E-state index contributed by atoms with van der Waals surface area (Å²) in [5.74, 6) is -2.86. The Morgan fingerprint density at radius 2 is 1.22 bits per heavy atom. The molecule has 5 atom stereocenters. The van der Waals surface area contributed by atoms with E-state index in [9.17, 15) is 24.0 Å². The second-order valence-electron chi connectivity index (χ2n) is 7.41. The van der Waals surface area contributed by atoms with E-state index in [1.165, 1.54) is 34.8 Å². The molecule has 32 heavy (non-hydrogen) atoms. The molecule has 0 saturated carbocycles. The first-order chi connectivity index (χ1) is 15.0. The molecular weight excluding hydrogens is 428 g/mol. The van der Waals surface area contributed by atoms with Crippen molar-refractivity contribution in [3.8, 4) is 0 Å². The number of hydrogen-bond donors (Lipinski definition) is 0. The summed E-state index contributed by atoms with van der Waals surface area (Å²) in [5.41, 5.74) is 0. The Kier molecular flexibility index (Phi) is 11.7. The lowest BCUT2D eigenvalue weighted by molar-refractivity contribution is -0.253. The van der Waals surface area contributed by atoms with Crippen LogP contribution in [0.4, 0.5) is 0 Å². The number of ether oxygens (including phenoxy) is 6. The van der Waals surface area contributed by atoms with Crippen molar-refractivity contribution >= 4 is 29.8 Å². The van der Waals surface area contributed by atoms with Crippen molar-refractivity contribution in [2.45, 2.75) is 90.3 Å². The van der Waals surface area contributed by atoms with Gasteiger partial charge in [-0.2, -0.15) is 0 Å². The highest BCUT2D eigenvalue weighted by atomic mass is 16.7. The maximum atomic E-state index is 11.8. The van der Waals surface area contributed by atoms with Gasteiger partial charge in [0.2, 0.25) is 0 Å². The van der Waals surface area contributed by atoms with Crippen LogP contribution in [0, 0.1) is 0 Å². The van der Waals surface area contributed by atoms with Crippen LogP contribution in [0.5, 0.6) is 0 Å². The van der Waals surface area contributed by atoms with Gasteiger partial charge in [-0.3, -0.25) is 24.0 Å². The van der Waals surface area contributed by atoms with Crippen LogP contribution < -0.4 is 0 Å². The summed E-state index contributed by atoms with van der Waals surface area (Å²) in [6, 6.07) is 0. The van der Waals surface area contributed by atoms with Gasteiger partial charge in [-0.25, -0.2) is 0 Å². The molecule has 182 valence electrons. The maximum absolute atomic E-state index is 11.8. The fourth-order valence-corrected chi connectivity index (χ4v) is 3.44. The minimum Gasteiger partial charge on any atom is -0.469 e. The van der Waals surface area contributed by atoms with Crippen molar-refractivity contribution in [3.63, 3.8) is 0 Å². The predicted molar refractivity (Wildman–Crippen MR) is 107 cm³/mol. The molecule has 0 aromatic carbocycles. The second-order valence-corrected chi connectivity index (χ2v) is 7.41. The summed E-state index contributed by atoms with van der Waals surface area (Å²) in [5, 5.41) is 0. The van der Waals surface area contributed by atoms with Crippen LogP contribution >= 0.6 is 0 Å². The van der Waals surface area contributed by atoms with Crippen molar-refractivity contribution in [2.24, 2.45) is 0 Å². The van der Waals surface area contributed by atoms with Crippen LogP contribution in [0.1, 0.15) is 59.8 Å². The third-order valence-electron chi connectivity index (χ3n) is 4.68. The van der Waals surface area contributed by atoms with Crippen molar-refractivity contribution in [3.05, 3.63) is 0 Å². The van der Waals surface area contributed by atoms with Crippen LogP contribution in [-0.2, 0) is 52.4 Å². The Morgan fingerprint density at radius 3 is 1.72 bits per heavy atom. The zero-order valence-corrected chi connectivity index (χ0v) is 19.1. The number of rotatable bonds is 11. The Bertz CT molecular complexity index is 675. The van der Waals surface area contributed by atoms with E-state index in [1.807, 2.05) is 0 Å². The van der Waals surface area contributed by atoms with Gasteiger partial charge >= 0.3 is 29.8 Å². The average Bonchev–Trinajstić information content (AvgIpc) is 2.69. The molecule has 0 aromatic heterocycles. The van der Waals surface area contributed by atoms with Gasteiger partial charge in [0.1, 0.15) is 12.7 Å². The Hall–Kier alpha value is -2.69. The molecule has 0 N–H and O–H groups in total. The Morgan fingerprint density at radius 1 is 0.688 bits per heavy atom. The molecule has 0 unspecified atom stereocenters. The number of carbonyl (C=O) groups is 5. The van der Waals surface area contributed by atoms with Crippen molar-refractivity contribution in [1.29, 1.82) is 0 Å². The summed E-state index contributed by atoms with van der Waals surface area (Å²) in [6.45, 7) is 4.50. The van der Waals surface area contributed by atoms with Crippen LogP contribution in [-0.4, -0.2) is 74.1 Å². The number of esters is 5. The minimum absolute atomic E-state index is 0.253. The van der Waals surface area contributed by atoms with Gasteiger partial charge in [0.15, 0.2) is 18.3 Å². The first-order valence-corrected chi connectivity index (χ1v) is 10.4. The fraction of sp³-hybridized carbons (Fsp3) is 0.762. The summed E-state index contributed by atoms with van der Waals surface area (Å²) in [7, 11) is 1.32. The zero-order chi connectivity index (χ0) is 24.3. The molecule has 1 aliphatic rings. The van der Waals surface area contributed by atoms with Gasteiger partial charge in [0, 0.05) is 34.1 Å². The van der Waals surface area contributed by atoms with Crippen LogP contribution in [0.25, 0.3) is 0 Å². The number of carbonyl (C=O) groups excluding carboxylic acids is 5. The van der Waals surface area contributed by atoms with E-state index in [0.29, 0.717) is 25.7 Å². The predicted octanol–water partition coefficient (Wildman–Crippen LogP) is 1.24. The van der Waals surface area contributed by atoms with Crippen molar-refractivity contribution in [2.75, 3.05) is 13.7 Å². The van der Waals surface area contributed by atoms with Crippen molar-refractivity contribution < 1.29 is 52.4 Å². The monoisotopic (exact) mass is 460 g/mol. The third-order valence-corrected chi connectivity index (χ3v) is 4.68. The molecule has 1 saturated heterocycles. The van der Waals surface area contributed by atoms with E-state index in [2.05, 4.69) is 4.74 Å². The molecule has 1 heterocycles. The van der Waals surface area contributed by atoms with Gasteiger partial charge < -0.3 is 28.4 Å². The van der Waals surface area contributed by atoms with Crippen LogP contribution in [0.3, 0.4) is 0 Å². The van der Waals surface area contributed by atoms with Gasteiger partial charge in [0.05, 0.1) is 13.2 Å². The normalized spacial score (nSPS) is 24.7. The van der Waals surface area contributed by atoms with Gasteiger partial charge in [-0.15, -0.1) is 0 Å². The number of methoxy groups -OCH3 is 1. The van der Waals surface area contributed by atoms with E-state index in [0.717, 1.165) is 0 Å². The highest BCUT2D eigenvalue weighted by Crippen LogP contribution is 2.31. The summed E-state index contributed by atoms with van der Waals surface area (Å²) >= 11 is 0. The maximum Gasteiger partial charge on any atom is 0.305 e. The SMILES string of the molecule is COC(=O)CCCCC[C@@H]1O[C@H](COC(C)=O)[C@@H](OC(C)=O)[C@H](OC(C)=O)[C@H]1OC(C)=O. The Labute approximate surface area is 187 Å². The second kappa shape index (κ2) is 13.7. The van der Waals surface area contributed by atoms with E-state index >= 15 is 0 Å². The third kappa shape index (κ3) is 9.63. The molecule has 11 nitrogen and oxygen atoms in total. The molecule has 0 bridgehead atoms. The summed E-state index contributed by atoms with van der Waals surface area (Å²) in [4.78, 5) is 57.8. The molecule has 11 heteroatoms. The molecule has 0 aliphatic carbocycles. The summed E-state index contributed by atoms with van der Waals surface area (Å²) < 4.78 is 31.8. The lowest BCUT2D eigenvalue weighted by Crippen LogP contribution is -2.62. The lowest BCUT2D eigenvalue weighted by atomic mass is 9.91. The first kappa shape index (κ1) is 27.3. The molecule has 0 spiro atoms. The molecule has 1 aliphatic heterocycles. The van der Waals surface area contributed by atoms with E-state index in [1.54, 1.807) is 0 Å². The van der Waals surface area contributed by atoms with Crippen molar-refractivity contribution in [1.82, 2.24) is 0 Å².